The van der Waals surface area contributed by atoms with Crippen molar-refractivity contribution in [2.24, 2.45) is 23.5 Å². The number of carbonyl (C=O) groups excluding carboxylic acids is 1. The van der Waals surface area contributed by atoms with E-state index < -0.39 is 11.6 Å². The molecule has 3 N–H and O–H groups in total. The Hall–Kier alpha value is -1.20. The molecule has 0 aromatic heterocycles. The number of carbonyl (C=O) groups is 1. The fourth-order valence-electron chi connectivity index (χ4n) is 4.20. The summed E-state index contributed by atoms with van der Waals surface area (Å²) >= 11 is 0. The van der Waals surface area contributed by atoms with E-state index in [1.807, 2.05) is 0 Å². The van der Waals surface area contributed by atoms with Crippen molar-refractivity contribution in [2.45, 2.75) is 51.1 Å². The second-order valence-electron chi connectivity index (χ2n) is 7.10. The molecule has 2 aliphatic carbocycles. The van der Waals surface area contributed by atoms with Gasteiger partial charge in [-0.15, -0.1) is 12.4 Å². The molecule has 3 atom stereocenters. The Bertz CT molecular complexity index is 584. The van der Waals surface area contributed by atoms with Gasteiger partial charge in [0, 0.05) is 12.0 Å². The molecule has 0 saturated heterocycles. The van der Waals surface area contributed by atoms with Crippen LogP contribution in [0.2, 0.25) is 0 Å². The first-order valence-electron chi connectivity index (χ1n) is 8.46. The van der Waals surface area contributed by atoms with E-state index in [1.54, 1.807) is 6.92 Å². The number of hydrogen-bond donors (Lipinski definition) is 2. The number of hydrogen-bond acceptors (Lipinski definition) is 2. The van der Waals surface area contributed by atoms with Crippen LogP contribution in [0, 0.1) is 29.4 Å². The van der Waals surface area contributed by atoms with Crippen LogP contribution < -0.4 is 11.1 Å². The third-order valence-corrected chi connectivity index (χ3v) is 5.59. The molecule has 2 saturated carbocycles. The average Bonchev–Trinajstić information content (AvgIpc) is 2.49. The topological polar surface area (TPSA) is 55.1 Å². The van der Waals surface area contributed by atoms with Crippen LogP contribution in [-0.4, -0.2) is 11.9 Å². The van der Waals surface area contributed by atoms with Crippen LogP contribution >= 0.6 is 12.4 Å². The van der Waals surface area contributed by atoms with Crippen LogP contribution in [0.25, 0.3) is 0 Å². The summed E-state index contributed by atoms with van der Waals surface area (Å²) in [6.07, 6.45) is 5.12. The van der Waals surface area contributed by atoms with Gasteiger partial charge in [-0.2, -0.15) is 0 Å². The number of amides is 1. The molecule has 0 spiro atoms. The Morgan fingerprint density at radius 3 is 2.42 bits per heavy atom. The highest BCUT2D eigenvalue weighted by Crippen LogP contribution is 2.42. The van der Waals surface area contributed by atoms with Crippen molar-refractivity contribution < 1.29 is 13.6 Å². The Balaban J connectivity index is 0.00000208. The zero-order valence-electron chi connectivity index (χ0n) is 13.8. The van der Waals surface area contributed by atoms with E-state index in [0.717, 1.165) is 37.8 Å². The van der Waals surface area contributed by atoms with Crippen molar-refractivity contribution in [1.29, 1.82) is 0 Å². The van der Waals surface area contributed by atoms with Crippen LogP contribution in [0.3, 0.4) is 0 Å². The van der Waals surface area contributed by atoms with E-state index in [1.165, 1.54) is 12.5 Å². The highest BCUT2D eigenvalue weighted by Gasteiger charge is 2.40. The summed E-state index contributed by atoms with van der Waals surface area (Å²) in [5.74, 6) is -0.888. The molecule has 2 fully saturated rings. The molecule has 1 aromatic carbocycles. The van der Waals surface area contributed by atoms with Crippen LogP contribution in [0.5, 0.6) is 0 Å². The molecule has 1 amide bonds. The molecule has 3 rings (SSSR count). The molecule has 0 heterocycles. The monoisotopic (exact) mass is 358 g/mol. The lowest BCUT2D eigenvalue weighted by atomic mass is 9.65. The van der Waals surface area contributed by atoms with Gasteiger partial charge in [0.25, 0.3) is 0 Å². The van der Waals surface area contributed by atoms with Crippen molar-refractivity contribution in [1.82, 2.24) is 5.32 Å². The average molecular weight is 359 g/mol. The smallest absolute Gasteiger partial charge is 0.223 e. The second-order valence-corrected chi connectivity index (χ2v) is 7.10. The Morgan fingerprint density at radius 1 is 1.21 bits per heavy atom. The lowest BCUT2D eigenvalue weighted by Crippen LogP contribution is -2.49. The lowest BCUT2D eigenvalue weighted by molar-refractivity contribution is -0.128. The third kappa shape index (κ3) is 3.89. The van der Waals surface area contributed by atoms with Gasteiger partial charge < -0.3 is 11.1 Å². The van der Waals surface area contributed by atoms with Gasteiger partial charge in [-0.3, -0.25) is 4.79 Å². The molecule has 3 unspecified atom stereocenters. The molecule has 2 aliphatic rings. The number of rotatable bonds is 3. The zero-order valence-corrected chi connectivity index (χ0v) is 14.6. The van der Waals surface area contributed by atoms with Gasteiger partial charge in [0.05, 0.1) is 6.04 Å². The van der Waals surface area contributed by atoms with Gasteiger partial charge in [0.15, 0.2) is 11.6 Å². The third-order valence-electron chi connectivity index (χ3n) is 5.59. The highest BCUT2D eigenvalue weighted by molar-refractivity contribution is 5.85. The fourth-order valence-corrected chi connectivity index (χ4v) is 4.20. The van der Waals surface area contributed by atoms with Crippen LogP contribution in [-0.2, 0) is 4.79 Å². The summed E-state index contributed by atoms with van der Waals surface area (Å²) in [5, 5.41) is 2.95. The van der Waals surface area contributed by atoms with E-state index in [4.69, 9.17) is 5.73 Å². The largest absolute Gasteiger partial charge is 0.349 e. The minimum atomic E-state index is -0.887. The van der Waals surface area contributed by atoms with Crippen LogP contribution in [0.4, 0.5) is 8.78 Å². The maximum absolute atomic E-state index is 13.3. The molecule has 2 bridgehead atoms. The first-order chi connectivity index (χ1) is 11.0. The number of benzene rings is 1. The molecule has 134 valence electrons. The highest BCUT2D eigenvalue weighted by atomic mass is 35.5. The minimum Gasteiger partial charge on any atom is -0.349 e. The summed E-state index contributed by atoms with van der Waals surface area (Å²) in [5.41, 5.74) is 6.83. The summed E-state index contributed by atoms with van der Waals surface area (Å²) in [6, 6.07) is 3.64. The molecular formula is C18H25ClF2N2O. The van der Waals surface area contributed by atoms with Gasteiger partial charge in [-0.1, -0.05) is 12.5 Å². The van der Waals surface area contributed by atoms with E-state index in [0.29, 0.717) is 17.4 Å². The maximum Gasteiger partial charge on any atom is 0.223 e. The fraction of sp³-hybridized carbons (Fsp3) is 0.611. The molecule has 0 radical (unpaired) electrons. The number of fused-ring (bicyclic) bond motifs is 2. The van der Waals surface area contributed by atoms with Crippen molar-refractivity contribution in [3.63, 3.8) is 0 Å². The van der Waals surface area contributed by atoms with E-state index in [-0.39, 0.29) is 36.3 Å². The molecule has 1 aromatic rings. The summed E-state index contributed by atoms with van der Waals surface area (Å²) in [7, 11) is 0. The van der Waals surface area contributed by atoms with Crippen molar-refractivity contribution in [3.05, 3.63) is 35.4 Å². The minimum absolute atomic E-state index is 0. The van der Waals surface area contributed by atoms with Crippen molar-refractivity contribution in [2.75, 3.05) is 0 Å². The predicted molar refractivity (Wildman–Crippen MR) is 91.7 cm³/mol. The summed E-state index contributed by atoms with van der Waals surface area (Å²) in [4.78, 5) is 12.6. The van der Waals surface area contributed by atoms with Crippen LogP contribution in [0.1, 0.15) is 50.6 Å². The first-order valence-corrected chi connectivity index (χ1v) is 8.46. The standard InChI is InChI=1S/C18H24F2N2O.ClH/c1-10(11-5-6-15(19)16(20)9-11)22-18(23)14-7-12-3-2-4-13(8-14)17(12)21;/h5-6,9-10,12-14,17H,2-4,7-8,21H2,1H3,(H,22,23);1H. The van der Waals surface area contributed by atoms with E-state index in [9.17, 15) is 13.6 Å². The van der Waals surface area contributed by atoms with Crippen molar-refractivity contribution >= 4 is 18.3 Å². The number of halogens is 3. The van der Waals surface area contributed by atoms with E-state index >= 15 is 0 Å². The normalized spacial score (nSPS) is 30.2. The Labute approximate surface area is 147 Å². The van der Waals surface area contributed by atoms with Crippen LogP contribution in [0.15, 0.2) is 18.2 Å². The second kappa shape index (κ2) is 7.79. The maximum atomic E-state index is 13.3. The van der Waals surface area contributed by atoms with Gasteiger partial charge in [0.2, 0.25) is 5.91 Å². The summed E-state index contributed by atoms with van der Waals surface area (Å²) < 4.78 is 26.3. The Kier molecular flexibility index (Phi) is 6.21. The molecular weight excluding hydrogens is 334 g/mol. The Morgan fingerprint density at radius 2 is 1.83 bits per heavy atom. The lowest BCUT2D eigenvalue weighted by Gasteiger charge is -2.43. The quantitative estimate of drug-likeness (QED) is 0.865. The SMILES string of the molecule is CC(NC(=O)C1CC2CCCC(C1)C2N)c1ccc(F)c(F)c1.Cl. The molecule has 0 aliphatic heterocycles. The zero-order chi connectivity index (χ0) is 16.6. The molecule has 6 heteroatoms. The molecule has 24 heavy (non-hydrogen) atoms. The summed E-state index contributed by atoms with van der Waals surface area (Å²) in [6.45, 7) is 1.79. The molecule has 3 nitrogen and oxygen atoms in total. The van der Waals surface area contributed by atoms with E-state index in [2.05, 4.69) is 5.32 Å². The first kappa shape index (κ1) is 19.1. The van der Waals surface area contributed by atoms with Gasteiger partial charge in [-0.25, -0.2) is 8.78 Å². The number of nitrogens with two attached hydrogens (primary N) is 1. The number of nitrogens with one attached hydrogen (secondary N) is 1. The van der Waals surface area contributed by atoms with Crippen molar-refractivity contribution in [3.8, 4) is 0 Å². The van der Waals surface area contributed by atoms with Gasteiger partial charge in [-0.05, 0) is 62.1 Å². The predicted octanol–water partition coefficient (Wildman–Crippen LogP) is 3.72. The van der Waals surface area contributed by atoms with Gasteiger partial charge in [0.1, 0.15) is 0 Å². The van der Waals surface area contributed by atoms with Gasteiger partial charge >= 0.3 is 0 Å².